The Bertz CT molecular complexity index is 408. The van der Waals surface area contributed by atoms with Gasteiger partial charge in [-0.15, -0.1) is 0 Å². The molecule has 0 spiro atoms. The first-order chi connectivity index (χ1) is 8.40. The quantitative estimate of drug-likeness (QED) is 0.589. The van der Waals surface area contributed by atoms with Crippen LogP contribution in [0.2, 0.25) is 0 Å². The molecule has 1 nitrogen and oxygen atoms in total. The third-order valence-electron chi connectivity index (χ3n) is 3.38. The number of aryl methyl sites for hydroxylation is 1. The molecule has 0 saturated carbocycles. The smallest absolute Gasteiger partial charge is 0.0220 e. The molecule has 0 radical (unpaired) electrons. The summed E-state index contributed by atoms with van der Waals surface area (Å²) in [5, 5.41) is 2.72. The van der Waals surface area contributed by atoms with Gasteiger partial charge < -0.3 is 4.57 Å². The summed E-state index contributed by atoms with van der Waals surface area (Å²) in [6, 6.07) is 8.59. The molecule has 0 saturated heterocycles. The first-order valence-corrected chi connectivity index (χ1v) is 6.94. The zero-order valence-corrected chi connectivity index (χ0v) is 10.9. The Kier molecular flexibility index (Phi) is 4.66. The van der Waals surface area contributed by atoms with Crippen LogP contribution in [0.4, 0.5) is 0 Å². The number of aromatic nitrogens is 1. The van der Waals surface area contributed by atoms with Gasteiger partial charge in [0.1, 0.15) is 0 Å². The first-order valence-electron chi connectivity index (χ1n) is 6.94. The number of nitrogens with zero attached hydrogens (tertiary/aromatic N) is 1. The lowest BCUT2D eigenvalue weighted by Gasteiger charge is -2.02. The van der Waals surface area contributed by atoms with Crippen LogP contribution in [0.5, 0.6) is 0 Å². The number of fused-ring (bicyclic) bond motifs is 1. The van der Waals surface area contributed by atoms with Gasteiger partial charge in [-0.05, 0) is 17.2 Å². The Hall–Kier alpha value is -1.24. The maximum absolute atomic E-state index is 2.34. The zero-order chi connectivity index (χ0) is 11.9. The molecule has 2 rings (SSSR count). The molecule has 0 aliphatic heterocycles. The number of hydrogen-bond acceptors (Lipinski definition) is 0. The Morgan fingerprint density at radius 2 is 1.41 bits per heavy atom. The van der Waals surface area contributed by atoms with Gasteiger partial charge in [-0.3, -0.25) is 0 Å². The van der Waals surface area contributed by atoms with Gasteiger partial charge in [0, 0.05) is 18.9 Å². The van der Waals surface area contributed by atoms with Crippen molar-refractivity contribution in [2.75, 3.05) is 0 Å². The van der Waals surface area contributed by atoms with Gasteiger partial charge in [0.25, 0.3) is 0 Å². The molecule has 0 fully saturated rings. The standard InChI is InChI=1S/C16H23N/c1-2-3-4-5-6-9-12-17-13-15-10-7-8-11-16(15)14-17/h7-8,10-11,13-14H,2-6,9,12H2,1H3. The largest absolute Gasteiger partial charge is 0.353 e. The van der Waals surface area contributed by atoms with E-state index in [1.807, 2.05) is 0 Å². The van der Waals surface area contributed by atoms with Gasteiger partial charge in [0.05, 0.1) is 0 Å². The van der Waals surface area contributed by atoms with Crippen molar-refractivity contribution in [1.29, 1.82) is 0 Å². The van der Waals surface area contributed by atoms with Crippen molar-refractivity contribution >= 4 is 10.8 Å². The number of benzene rings is 1. The number of unbranched alkanes of at least 4 members (excludes halogenated alkanes) is 5. The van der Waals surface area contributed by atoms with E-state index in [0.717, 1.165) is 0 Å². The average molecular weight is 229 g/mol. The lowest BCUT2D eigenvalue weighted by atomic mass is 10.1. The van der Waals surface area contributed by atoms with Crippen LogP contribution in [-0.4, -0.2) is 4.57 Å². The third kappa shape index (κ3) is 3.62. The molecule has 2 aromatic rings. The molecule has 0 amide bonds. The molecule has 0 aliphatic carbocycles. The van der Waals surface area contributed by atoms with E-state index in [2.05, 4.69) is 48.1 Å². The van der Waals surface area contributed by atoms with Crippen LogP contribution in [-0.2, 0) is 6.54 Å². The highest BCUT2D eigenvalue weighted by Gasteiger charge is 1.97. The summed E-state index contributed by atoms with van der Waals surface area (Å²) < 4.78 is 2.34. The fourth-order valence-electron chi connectivity index (χ4n) is 2.34. The molecular weight excluding hydrogens is 206 g/mol. The average Bonchev–Trinajstić information content (AvgIpc) is 2.76. The lowest BCUT2D eigenvalue weighted by molar-refractivity contribution is 0.560. The summed E-state index contributed by atoms with van der Waals surface area (Å²) in [7, 11) is 0. The van der Waals surface area contributed by atoms with Gasteiger partial charge >= 0.3 is 0 Å². The minimum absolute atomic E-state index is 1.17. The highest BCUT2D eigenvalue weighted by atomic mass is 14.9. The van der Waals surface area contributed by atoms with Crippen LogP contribution in [0.15, 0.2) is 36.7 Å². The van der Waals surface area contributed by atoms with Crippen LogP contribution in [0.25, 0.3) is 10.8 Å². The maximum atomic E-state index is 2.34. The molecule has 0 unspecified atom stereocenters. The lowest BCUT2D eigenvalue weighted by Crippen LogP contribution is -1.93. The molecule has 0 atom stereocenters. The van der Waals surface area contributed by atoms with Crippen molar-refractivity contribution in [1.82, 2.24) is 4.57 Å². The summed E-state index contributed by atoms with van der Waals surface area (Å²) in [6.45, 7) is 3.44. The Labute approximate surface area is 104 Å². The molecule has 1 heterocycles. The van der Waals surface area contributed by atoms with Crippen LogP contribution >= 0.6 is 0 Å². The molecule has 0 bridgehead atoms. The molecule has 1 aromatic carbocycles. The van der Waals surface area contributed by atoms with Gasteiger partial charge in [-0.25, -0.2) is 0 Å². The van der Waals surface area contributed by atoms with Crippen molar-refractivity contribution in [3.63, 3.8) is 0 Å². The summed E-state index contributed by atoms with van der Waals surface area (Å²) >= 11 is 0. The van der Waals surface area contributed by atoms with Crippen LogP contribution in [0.3, 0.4) is 0 Å². The van der Waals surface area contributed by atoms with Crippen molar-refractivity contribution in [3.05, 3.63) is 36.7 Å². The van der Waals surface area contributed by atoms with Crippen molar-refractivity contribution in [2.45, 2.75) is 52.0 Å². The highest BCUT2D eigenvalue weighted by molar-refractivity contribution is 5.81. The SMILES string of the molecule is CCCCCCCCn1cc2ccccc2c1. The normalized spacial score (nSPS) is 11.1. The minimum Gasteiger partial charge on any atom is -0.353 e. The number of rotatable bonds is 7. The molecule has 1 aromatic heterocycles. The first kappa shape index (κ1) is 12.2. The van der Waals surface area contributed by atoms with E-state index in [1.54, 1.807) is 0 Å². The van der Waals surface area contributed by atoms with E-state index in [0.29, 0.717) is 0 Å². The van der Waals surface area contributed by atoms with E-state index in [4.69, 9.17) is 0 Å². The summed E-state index contributed by atoms with van der Waals surface area (Å²) in [4.78, 5) is 0. The van der Waals surface area contributed by atoms with Gasteiger partial charge in [-0.1, -0.05) is 63.3 Å². The second-order valence-electron chi connectivity index (χ2n) is 4.89. The summed E-state index contributed by atoms with van der Waals surface area (Å²) in [6.07, 6.45) is 12.7. The topological polar surface area (TPSA) is 4.93 Å². The van der Waals surface area contributed by atoms with Crippen LogP contribution < -0.4 is 0 Å². The second kappa shape index (κ2) is 6.48. The molecule has 0 N–H and O–H groups in total. The van der Waals surface area contributed by atoms with Gasteiger partial charge in [0.15, 0.2) is 0 Å². The molecule has 1 heteroatoms. The van der Waals surface area contributed by atoms with Gasteiger partial charge in [0.2, 0.25) is 0 Å². The predicted molar refractivity (Wildman–Crippen MR) is 75.3 cm³/mol. The van der Waals surface area contributed by atoms with E-state index in [-0.39, 0.29) is 0 Å². The van der Waals surface area contributed by atoms with Crippen LogP contribution in [0, 0.1) is 0 Å². The highest BCUT2D eigenvalue weighted by Crippen LogP contribution is 2.15. The Balaban J connectivity index is 1.75. The maximum Gasteiger partial charge on any atom is 0.0220 e. The van der Waals surface area contributed by atoms with E-state index in [1.165, 1.54) is 55.8 Å². The monoisotopic (exact) mass is 229 g/mol. The fraction of sp³-hybridized carbons (Fsp3) is 0.500. The molecule has 17 heavy (non-hydrogen) atoms. The van der Waals surface area contributed by atoms with Crippen molar-refractivity contribution < 1.29 is 0 Å². The third-order valence-corrected chi connectivity index (χ3v) is 3.38. The predicted octanol–water partition coefficient (Wildman–Crippen LogP) is 5.00. The number of hydrogen-bond donors (Lipinski definition) is 0. The Morgan fingerprint density at radius 3 is 2.06 bits per heavy atom. The Morgan fingerprint density at radius 1 is 0.824 bits per heavy atom. The molecule has 0 aliphatic rings. The van der Waals surface area contributed by atoms with Gasteiger partial charge in [-0.2, -0.15) is 0 Å². The fourth-order valence-corrected chi connectivity index (χ4v) is 2.34. The zero-order valence-electron chi connectivity index (χ0n) is 10.9. The molecular formula is C16H23N. The minimum atomic E-state index is 1.17. The molecule has 92 valence electrons. The second-order valence-corrected chi connectivity index (χ2v) is 4.89. The van der Waals surface area contributed by atoms with E-state index >= 15 is 0 Å². The van der Waals surface area contributed by atoms with Crippen molar-refractivity contribution in [2.24, 2.45) is 0 Å². The summed E-state index contributed by atoms with van der Waals surface area (Å²) in [5.41, 5.74) is 0. The van der Waals surface area contributed by atoms with E-state index in [9.17, 15) is 0 Å². The van der Waals surface area contributed by atoms with E-state index < -0.39 is 0 Å². The van der Waals surface area contributed by atoms with Crippen molar-refractivity contribution in [3.8, 4) is 0 Å². The summed E-state index contributed by atoms with van der Waals surface area (Å²) in [5.74, 6) is 0. The van der Waals surface area contributed by atoms with Crippen LogP contribution in [0.1, 0.15) is 45.4 Å².